The molecule has 2 aliphatic heterocycles. The van der Waals surface area contributed by atoms with Crippen LogP contribution in [0.3, 0.4) is 0 Å². The van der Waals surface area contributed by atoms with E-state index in [4.69, 9.17) is 9.97 Å². The summed E-state index contributed by atoms with van der Waals surface area (Å²) < 4.78 is 0. The zero-order chi connectivity index (χ0) is 26.4. The molecule has 2 aromatic carbocycles. The monoisotopic (exact) mass is 531 g/mol. The van der Waals surface area contributed by atoms with E-state index in [9.17, 15) is 0 Å². The molecule has 6 atom stereocenters. The molecule has 6 unspecified atom stereocenters. The first-order valence-electron chi connectivity index (χ1n) is 15.3. The van der Waals surface area contributed by atoms with Gasteiger partial charge in [0, 0.05) is 28.7 Å². The molecule has 3 aliphatic carbocycles. The molecule has 9 rings (SSSR count). The predicted octanol–water partition coefficient (Wildman–Crippen LogP) is 5.86. The van der Waals surface area contributed by atoms with Crippen molar-refractivity contribution in [3.63, 3.8) is 0 Å². The molecule has 5 aliphatic rings. The fourth-order valence-corrected chi connectivity index (χ4v) is 8.76. The lowest BCUT2D eigenvalue weighted by molar-refractivity contribution is 0.345. The first kappa shape index (κ1) is 23.4. The lowest BCUT2D eigenvalue weighted by Gasteiger charge is -2.27. The van der Waals surface area contributed by atoms with Gasteiger partial charge in [0.1, 0.15) is 11.6 Å². The van der Waals surface area contributed by atoms with E-state index in [1.54, 1.807) is 0 Å². The molecule has 0 bridgehead atoms. The summed E-state index contributed by atoms with van der Waals surface area (Å²) in [7, 11) is 2.11. The van der Waals surface area contributed by atoms with E-state index in [-0.39, 0.29) is 11.6 Å². The molecule has 2 aromatic heterocycles. The van der Waals surface area contributed by atoms with Gasteiger partial charge in [-0.15, -0.1) is 0 Å². The SMILES string of the molecule is CNC12CCCC1NC(c1ncc(-c3ccc4c(c3)-c3ccc(-c5cnc(C6CC7CCCC7N6)[nH]5)cc3-4)[nH]1)C2. The highest BCUT2D eigenvalue weighted by Gasteiger charge is 2.49. The molecule has 204 valence electrons. The molecule has 4 fully saturated rings. The summed E-state index contributed by atoms with van der Waals surface area (Å²) >= 11 is 0. The second kappa shape index (κ2) is 8.62. The Balaban J connectivity index is 0.933. The molecule has 5 N–H and O–H groups in total. The number of likely N-dealkylation sites (N-methyl/N-ethyl adjacent to an activating group) is 1. The summed E-state index contributed by atoms with van der Waals surface area (Å²) in [4.78, 5) is 16.9. The minimum Gasteiger partial charge on any atom is -0.341 e. The topological polar surface area (TPSA) is 93.4 Å². The smallest absolute Gasteiger partial charge is 0.123 e. The maximum Gasteiger partial charge on any atom is 0.123 e. The number of imidazole rings is 2. The van der Waals surface area contributed by atoms with E-state index in [1.165, 1.54) is 78.3 Å². The van der Waals surface area contributed by atoms with E-state index in [0.29, 0.717) is 18.1 Å². The van der Waals surface area contributed by atoms with E-state index in [2.05, 4.69) is 69.4 Å². The molecule has 40 heavy (non-hydrogen) atoms. The van der Waals surface area contributed by atoms with E-state index in [0.717, 1.165) is 35.4 Å². The lowest BCUT2D eigenvalue weighted by atomic mass is 9.78. The van der Waals surface area contributed by atoms with Crippen LogP contribution in [-0.4, -0.2) is 44.6 Å². The van der Waals surface area contributed by atoms with Crippen LogP contribution in [0.15, 0.2) is 48.8 Å². The molecular formula is C33H37N7. The van der Waals surface area contributed by atoms with Crippen LogP contribution < -0.4 is 16.0 Å². The number of aromatic amines is 2. The van der Waals surface area contributed by atoms with Crippen LogP contribution in [0, 0.1) is 5.92 Å². The molecule has 7 nitrogen and oxygen atoms in total. The molecule has 7 heteroatoms. The van der Waals surface area contributed by atoms with Crippen LogP contribution >= 0.6 is 0 Å². The number of hydrogen-bond acceptors (Lipinski definition) is 5. The lowest BCUT2D eigenvalue weighted by Crippen LogP contribution is -2.48. The Morgan fingerprint density at radius 2 is 1.48 bits per heavy atom. The average molecular weight is 532 g/mol. The minimum absolute atomic E-state index is 0.222. The number of nitrogens with one attached hydrogen (secondary N) is 5. The summed E-state index contributed by atoms with van der Waals surface area (Å²) in [5.74, 6) is 2.98. The van der Waals surface area contributed by atoms with Gasteiger partial charge in [-0.05, 0) is 92.3 Å². The minimum atomic E-state index is 0.222. The van der Waals surface area contributed by atoms with Gasteiger partial charge in [0.05, 0.1) is 35.9 Å². The molecule has 4 aromatic rings. The zero-order valence-corrected chi connectivity index (χ0v) is 23.1. The zero-order valence-electron chi connectivity index (χ0n) is 23.1. The largest absolute Gasteiger partial charge is 0.341 e. The Hall–Kier alpha value is -3.26. The maximum absolute atomic E-state index is 4.81. The number of rotatable bonds is 5. The Morgan fingerprint density at radius 1 is 0.775 bits per heavy atom. The van der Waals surface area contributed by atoms with E-state index in [1.807, 2.05) is 12.4 Å². The molecule has 0 amide bonds. The van der Waals surface area contributed by atoms with Crippen molar-refractivity contribution in [3.05, 3.63) is 60.4 Å². The average Bonchev–Trinajstić information content (AvgIpc) is 3.78. The predicted molar refractivity (Wildman–Crippen MR) is 158 cm³/mol. The summed E-state index contributed by atoms with van der Waals surface area (Å²) in [6, 6.07) is 15.5. The van der Waals surface area contributed by atoms with Gasteiger partial charge in [-0.25, -0.2) is 9.97 Å². The second-order valence-corrected chi connectivity index (χ2v) is 12.9. The maximum atomic E-state index is 4.81. The number of fused-ring (bicyclic) bond motifs is 6. The van der Waals surface area contributed by atoms with Crippen LogP contribution in [0.4, 0.5) is 0 Å². The van der Waals surface area contributed by atoms with Crippen LogP contribution in [0.25, 0.3) is 44.8 Å². The van der Waals surface area contributed by atoms with Gasteiger partial charge in [0.2, 0.25) is 0 Å². The normalized spacial score (nSPS) is 31.6. The quantitative estimate of drug-likeness (QED) is 0.196. The van der Waals surface area contributed by atoms with E-state index >= 15 is 0 Å². The van der Waals surface area contributed by atoms with Crippen LogP contribution in [0.5, 0.6) is 0 Å². The molecular weight excluding hydrogens is 494 g/mol. The van der Waals surface area contributed by atoms with Gasteiger partial charge in [-0.3, -0.25) is 0 Å². The highest BCUT2D eigenvalue weighted by molar-refractivity contribution is 6.04. The first-order valence-corrected chi connectivity index (χ1v) is 15.3. The fourth-order valence-electron chi connectivity index (χ4n) is 8.76. The van der Waals surface area contributed by atoms with Gasteiger partial charge in [0.25, 0.3) is 0 Å². The standard InChI is InChI=1S/C33H37N7/c1-34-33-11-3-6-30(33)38-27(15-33)32-36-17-29(40-32)20-8-10-22-23-12-19(7-9-21(23)24(22)13-20)28-16-35-31(39-28)26-14-18-4-2-5-25(18)37-26/h7-10,12-13,16-18,25-27,30,34,37-38H,2-6,11,14-15H2,1H3,(H,35,39)(H,36,40). The van der Waals surface area contributed by atoms with Crippen molar-refractivity contribution in [1.82, 2.24) is 35.9 Å². The van der Waals surface area contributed by atoms with Crippen molar-refractivity contribution in [2.75, 3.05) is 7.05 Å². The molecule has 2 saturated heterocycles. The summed E-state index contributed by atoms with van der Waals surface area (Å²) in [6.45, 7) is 0. The second-order valence-electron chi connectivity index (χ2n) is 12.9. The van der Waals surface area contributed by atoms with Crippen molar-refractivity contribution in [2.24, 2.45) is 5.92 Å². The van der Waals surface area contributed by atoms with Crippen LogP contribution in [0.1, 0.15) is 75.1 Å². The highest BCUT2D eigenvalue weighted by Crippen LogP contribution is 2.50. The first-order chi connectivity index (χ1) is 19.7. The summed E-state index contributed by atoms with van der Waals surface area (Å²) in [6.07, 6.45) is 14.2. The van der Waals surface area contributed by atoms with Gasteiger partial charge in [0.15, 0.2) is 0 Å². The Morgan fingerprint density at radius 3 is 2.12 bits per heavy atom. The number of aromatic nitrogens is 4. The van der Waals surface area contributed by atoms with Gasteiger partial charge in [-0.1, -0.05) is 30.7 Å². The van der Waals surface area contributed by atoms with Crippen molar-refractivity contribution >= 4 is 0 Å². The molecule has 4 heterocycles. The van der Waals surface area contributed by atoms with E-state index < -0.39 is 0 Å². The fraction of sp³-hybridized carbons (Fsp3) is 0.455. The third-order valence-electron chi connectivity index (χ3n) is 11.0. The number of benzene rings is 2. The third kappa shape index (κ3) is 3.41. The van der Waals surface area contributed by atoms with Crippen molar-refractivity contribution < 1.29 is 0 Å². The number of nitrogens with zero attached hydrogens (tertiary/aromatic N) is 2. The van der Waals surface area contributed by atoms with Crippen molar-refractivity contribution in [3.8, 4) is 44.8 Å². The van der Waals surface area contributed by atoms with Crippen LogP contribution in [0.2, 0.25) is 0 Å². The van der Waals surface area contributed by atoms with Crippen molar-refractivity contribution in [1.29, 1.82) is 0 Å². The molecule has 0 spiro atoms. The Labute approximate surface area is 235 Å². The number of H-pyrrole nitrogens is 2. The van der Waals surface area contributed by atoms with Gasteiger partial charge >= 0.3 is 0 Å². The van der Waals surface area contributed by atoms with Gasteiger partial charge in [-0.2, -0.15) is 0 Å². The summed E-state index contributed by atoms with van der Waals surface area (Å²) in [5.41, 5.74) is 10.1. The third-order valence-corrected chi connectivity index (χ3v) is 11.0. The van der Waals surface area contributed by atoms with Crippen LogP contribution in [-0.2, 0) is 0 Å². The number of hydrogen-bond donors (Lipinski definition) is 5. The summed E-state index contributed by atoms with van der Waals surface area (Å²) in [5, 5.41) is 11.3. The Kier molecular flexibility index (Phi) is 5.05. The molecule has 2 saturated carbocycles. The Bertz CT molecular complexity index is 1600. The highest BCUT2D eigenvalue weighted by atomic mass is 15.2. The van der Waals surface area contributed by atoms with Gasteiger partial charge < -0.3 is 25.9 Å². The van der Waals surface area contributed by atoms with Crippen molar-refractivity contribution in [2.45, 2.75) is 81.1 Å². The molecule has 0 radical (unpaired) electrons.